The van der Waals surface area contributed by atoms with Crippen molar-refractivity contribution in [1.29, 1.82) is 0 Å². The quantitative estimate of drug-likeness (QED) is 0.620. The number of carbonyl (C=O) groups excluding carboxylic acids is 3. The lowest BCUT2D eigenvalue weighted by Gasteiger charge is -2.16. The number of halogens is 1. The molecule has 8 heteroatoms. The lowest BCUT2D eigenvalue weighted by atomic mass is 10.00. The van der Waals surface area contributed by atoms with Crippen molar-refractivity contribution in [3.8, 4) is 11.3 Å². The minimum atomic E-state index is -1.05. The summed E-state index contributed by atoms with van der Waals surface area (Å²) < 4.78 is 22.1. The third-order valence-corrected chi connectivity index (χ3v) is 4.61. The molecule has 1 N–H and O–H groups in total. The van der Waals surface area contributed by atoms with Gasteiger partial charge in [-0.1, -0.05) is 42.5 Å². The molecule has 1 unspecified atom stereocenters. The second-order valence-corrected chi connectivity index (χ2v) is 6.61. The highest BCUT2D eigenvalue weighted by atomic mass is 32.1. The van der Waals surface area contributed by atoms with Crippen LogP contribution in [-0.2, 0) is 16.0 Å². The van der Waals surface area contributed by atoms with Gasteiger partial charge in [0.1, 0.15) is 11.5 Å². The van der Waals surface area contributed by atoms with Crippen LogP contribution >= 0.6 is 11.7 Å². The lowest BCUT2D eigenvalue weighted by molar-refractivity contribution is -0.136. The Balaban J connectivity index is 1.87. The largest absolute Gasteiger partial charge is 0.340 e. The fourth-order valence-corrected chi connectivity index (χ4v) is 3.26. The summed E-state index contributed by atoms with van der Waals surface area (Å²) in [4.78, 5) is 36.6. The average molecular weight is 397 g/mol. The van der Waals surface area contributed by atoms with Crippen LogP contribution in [0.15, 0.2) is 54.6 Å². The number of nitrogens with one attached hydrogen (secondary N) is 1. The molecule has 1 heterocycles. The van der Waals surface area contributed by atoms with Crippen molar-refractivity contribution < 1.29 is 18.8 Å². The van der Waals surface area contributed by atoms with Gasteiger partial charge in [0.15, 0.2) is 11.5 Å². The molecule has 0 saturated carbocycles. The molecule has 0 saturated heterocycles. The van der Waals surface area contributed by atoms with Crippen LogP contribution in [0.4, 0.5) is 4.39 Å². The van der Waals surface area contributed by atoms with E-state index in [-0.39, 0.29) is 23.4 Å². The fourth-order valence-electron chi connectivity index (χ4n) is 2.70. The number of rotatable bonds is 7. The van der Waals surface area contributed by atoms with Gasteiger partial charge in [0, 0.05) is 18.9 Å². The van der Waals surface area contributed by atoms with E-state index < -0.39 is 29.3 Å². The number of Topliss-reactive ketones (excluding diaryl/α,β-unsaturated/α-hetero) is 2. The SMILES string of the molecule is CC(=O)C(=O)C(Cc1ccccc1)NC(=O)c1nsnc1-c1ccccc1F. The Hall–Kier alpha value is -3.26. The Bertz CT molecular complexity index is 1020. The molecule has 1 atom stereocenters. The van der Waals surface area contributed by atoms with Crippen LogP contribution in [0.3, 0.4) is 0 Å². The molecule has 0 aliphatic heterocycles. The highest BCUT2D eigenvalue weighted by molar-refractivity contribution is 6.99. The fraction of sp³-hybridized carbons (Fsp3) is 0.150. The zero-order valence-electron chi connectivity index (χ0n) is 14.9. The van der Waals surface area contributed by atoms with E-state index in [9.17, 15) is 18.8 Å². The monoisotopic (exact) mass is 397 g/mol. The normalized spacial score (nSPS) is 11.6. The van der Waals surface area contributed by atoms with Crippen LogP contribution in [0.25, 0.3) is 11.3 Å². The van der Waals surface area contributed by atoms with Crippen molar-refractivity contribution in [2.45, 2.75) is 19.4 Å². The molecule has 6 nitrogen and oxygen atoms in total. The average Bonchev–Trinajstić information content (AvgIpc) is 3.17. The summed E-state index contributed by atoms with van der Waals surface area (Å²) >= 11 is 0.764. The van der Waals surface area contributed by atoms with Crippen molar-refractivity contribution >= 4 is 29.2 Å². The molecule has 0 radical (unpaired) electrons. The third-order valence-electron chi connectivity index (χ3n) is 4.08. The van der Waals surface area contributed by atoms with E-state index in [1.54, 1.807) is 30.3 Å². The minimum absolute atomic E-state index is 0.0920. The van der Waals surface area contributed by atoms with Gasteiger partial charge in [0.2, 0.25) is 5.78 Å². The summed E-state index contributed by atoms with van der Waals surface area (Å²) in [7, 11) is 0. The van der Waals surface area contributed by atoms with E-state index in [1.807, 2.05) is 6.07 Å². The second-order valence-electron chi connectivity index (χ2n) is 6.08. The van der Waals surface area contributed by atoms with Crippen LogP contribution in [0.1, 0.15) is 23.0 Å². The molecule has 0 bridgehead atoms. The van der Waals surface area contributed by atoms with Gasteiger partial charge in [-0.15, -0.1) is 0 Å². The Morgan fingerprint density at radius 3 is 2.39 bits per heavy atom. The molecule has 142 valence electrons. The molecule has 1 aromatic heterocycles. The topological polar surface area (TPSA) is 89.0 Å². The standard InChI is InChI=1S/C20H16FN3O3S/c1-12(25)19(26)16(11-13-7-3-2-4-8-13)22-20(27)18-17(23-28-24-18)14-9-5-6-10-15(14)21/h2-10,16H,11H2,1H3,(H,22,27). The van der Waals surface area contributed by atoms with Gasteiger partial charge in [-0.2, -0.15) is 8.75 Å². The zero-order chi connectivity index (χ0) is 20.1. The van der Waals surface area contributed by atoms with Gasteiger partial charge in [-0.3, -0.25) is 14.4 Å². The molecule has 0 aliphatic rings. The van der Waals surface area contributed by atoms with Gasteiger partial charge in [-0.25, -0.2) is 4.39 Å². The molecule has 0 aliphatic carbocycles. The molecule has 0 spiro atoms. The summed E-state index contributed by atoms with van der Waals surface area (Å²) in [5.41, 5.74) is 0.922. The summed E-state index contributed by atoms with van der Waals surface area (Å²) in [5.74, 6) is -2.60. The predicted octanol–water partition coefficient (Wildman–Crippen LogP) is 2.84. The molecule has 3 aromatic rings. The summed E-state index contributed by atoms with van der Waals surface area (Å²) in [6.45, 7) is 1.15. The van der Waals surface area contributed by atoms with Gasteiger partial charge in [0.05, 0.1) is 17.8 Å². The number of carbonyl (C=O) groups is 3. The smallest absolute Gasteiger partial charge is 0.273 e. The van der Waals surface area contributed by atoms with Gasteiger partial charge < -0.3 is 5.32 Å². The van der Waals surface area contributed by atoms with Crippen molar-refractivity contribution in [3.05, 3.63) is 71.7 Å². The predicted molar refractivity (Wildman–Crippen MR) is 102 cm³/mol. The highest BCUT2D eigenvalue weighted by Crippen LogP contribution is 2.24. The third kappa shape index (κ3) is 4.34. The Kier molecular flexibility index (Phi) is 6.00. The molecule has 1 amide bonds. The first-order valence-corrected chi connectivity index (χ1v) is 9.17. The first-order valence-electron chi connectivity index (χ1n) is 8.44. The Morgan fingerprint density at radius 1 is 1.04 bits per heavy atom. The Labute approximate surface area is 164 Å². The van der Waals surface area contributed by atoms with E-state index in [2.05, 4.69) is 14.1 Å². The first-order chi connectivity index (χ1) is 13.5. The number of ketones is 2. The van der Waals surface area contributed by atoms with E-state index in [0.29, 0.717) is 0 Å². The van der Waals surface area contributed by atoms with E-state index in [4.69, 9.17) is 0 Å². The van der Waals surface area contributed by atoms with Crippen molar-refractivity contribution in [2.24, 2.45) is 0 Å². The number of benzene rings is 2. The van der Waals surface area contributed by atoms with Crippen molar-refractivity contribution in [2.75, 3.05) is 0 Å². The van der Waals surface area contributed by atoms with Crippen molar-refractivity contribution in [3.63, 3.8) is 0 Å². The number of aromatic nitrogens is 2. The molecular formula is C20H16FN3O3S. The van der Waals surface area contributed by atoms with E-state index >= 15 is 0 Å². The molecule has 2 aromatic carbocycles. The maximum absolute atomic E-state index is 14.1. The number of amides is 1. The van der Waals surface area contributed by atoms with Crippen LogP contribution in [-0.4, -0.2) is 32.3 Å². The summed E-state index contributed by atoms with van der Waals surface area (Å²) in [6, 6.07) is 13.9. The number of nitrogens with zero attached hydrogens (tertiary/aromatic N) is 2. The second kappa shape index (κ2) is 8.62. The Morgan fingerprint density at radius 2 is 1.71 bits per heavy atom. The molecule has 28 heavy (non-hydrogen) atoms. The van der Waals surface area contributed by atoms with E-state index in [0.717, 1.165) is 24.2 Å². The van der Waals surface area contributed by atoms with Crippen LogP contribution < -0.4 is 5.32 Å². The first kappa shape index (κ1) is 19.5. The molecule has 3 rings (SSSR count). The number of hydrogen-bond donors (Lipinski definition) is 1. The maximum Gasteiger partial charge on any atom is 0.273 e. The summed E-state index contributed by atoms with van der Waals surface area (Å²) in [6.07, 6.45) is 0.150. The van der Waals surface area contributed by atoms with Gasteiger partial charge >= 0.3 is 0 Å². The lowest BCUT2D eigenvalue weighted by Crippen LogP contribution is -2.45. The number of hydrogen-bond acceptors (Lipinski definition) is 6. The summed E-state index contributed by atoms with van der Waals surface area (Å²) in [5, 5.41) is 2.55. The highest BCUT2D eigenvalue weighted by Gasteiger charge is 2.28. The van der Waals surface area contributed by atoms with Crippen molar-refractivity contribution in [1.82, 2.24) is 14.1 Å². The molecule has 0 fully saturated rings. The maximum atomic E-state index is 14.1. The van der Waals surface area contributed by atoms with Gasteiger partial charge in [0.25, 0.3) is 5.91 Å². The van der Waals surface area contributed by atoms with Crippen LogP contribution in [0.2, 0.25) is 0 Å². The minimum Gasteiger partial charge on any atom is -0.340 e. The van der Waals surface area contributed by atoms with Crippen LogP contribution in [0, 0.1) is 5.82 Å². The molecular weight excluding hydrogens is 381 g/mol. The van der Waals surface area contributed by atoms with E-state index in [1.165, 1.54) is 18.2 Å². The van der Waals surface area contributed by atoms with Crippen LogP contribution in [0.5, 0.6) is 0 Å². The van der Waals surface area contributed by atoms with Gasteiger partial charge in [-0.05, 0) is 17.7 Å². The zero-order valence-corrected chi connectivity index (χ0v) is 15.7.